The second-order valence-corrected chi connectivity index (χ2v) is 10.4. The number of fused-ring (bicyclic) bond motifs is 1. The van der Waals surface area contributed by atoms with Crippen molar-refractivity contribution in [3.63, 3.8) is 0 Å². The Morgan fingerprint density at radius 3 is 2.40 bits per heavy atom. The summed E-state index contributed by atoms with van der Waals surface area (Å²) in [6.45, 7) is 2.78. The first-order chi connectivity index (χ1) is 19.3. The van der Waals surface area contributed by atoms with Gasteiger partial charge >= 0.3 is 0 Å². The third kappa shape index (κ3) is 5.33. The summed E-state index contributed by atoms with van der Waals surface area (Å²) in [5, 5.41) is 14.3. The Morgan fingerprint density at radius 2 is 1.68 bits per heavy atom. The molecule has 204 valence electrons. The van der Waals surface area contributed by atoms with Gasteiger partial charge in [-0.3, -0.25) is 15.0 Å². The van der Waals surface area contributed by atoms with Crippen molar-refractivity contribution in [3.8, 4) is 5.69 Å². The normalized spacial score (nSPS) is 11.2. The number of hydrogen-bond acceptors (Lipinski definition) is 4. The number of ketones is 1. The summed E-state index contributed by atoms with van der Waals surface area (Å²) in [5.41, 5.74) is 4.28. The summed E-state index contributed by atoms with van der Waals surface area (Å²) in [7, 11) is 1.76. The van der Waals surface area contributed by atoms with Crippen LogP contribution in [0.4, 0.5) is 0 Å². The van der Waals surface area contributed by atoms with Crippen molar-refractivity contribution in [1.29, 1.82) is 5.41 Å². The smallest absolute Gasteiger partial charge is 0.257 e. The third-order valence-electron chi connectivity index (χ3n) is 6.97. The molecule has 3 aromatic carbocycles. The molecule has 0 unspecified atom stereocenters. The Labute approximate surface area is 241 Å². The van der Waals surface area contributed by atoms with Crippen LogP contribution in [0.25, 0.3) is 16.7 Å². The van der Waals surface area contributed by atoms with E-state index in [0.29, 0.717) is 51.7 Å². The lowest BCUT2D eigenvalue weighted by atomic mass is 10.1. The molecule has 0 spiro atoms. The molecule has 0 fully saturated rings. The number of amides is 1. The number of benzene rings is 3. The van der Waals surface area contributed by atoms with Crippen LogP contribution in [0.5, 0.6) is 0 Å². The highest BCUT2D eigenvalue weighted by Gasteiger charge is 2.20. The van der Waals surface area contributed by atoms with Crippen LogP contribution in [0.3, 0.4) is 0 Å². The van der Waals surface area contributed by atoms with Gasteiger partial charge in [0, 0.05) is 30.7 Å². The van der Waals surface area contributed by atoms with Gasteiger partial charge in [0.05, 0.1) is 45.7 Å². The zero-order chi connectivity index (χ0) is 28.4. The number of halogens is 2. The van der Waals surface area contributed by atoms with Crippen molar-refractivity contribution in [3.05, 3.63) is 111 Å². The van der Waals surface area contributed by atoms with Crippen molar-refractivity contribution in [2.24, 2.45) is 0 Å². The molecule has 0 bridgehead atoms. The SMILES string of the molecule is Cc1c(C(=O)N(C)CCCn2c(=N)n(CC(=O)c3ccc(Cl)cc3)c3cccc(Cl)c32)cnn1-c1ccccc1. The molecule has 5 aromatic rings. The minimum Gasteiger partial charge on any atom is -0.342 e. The van der Waals surface area contributed by atoms with Gasteiger partial charge in [0.1, 0.15) is 0 Å². The van der Waals surface area contributed by atoms with Crippen molar-refractivity contribution in [1.82, 2.24) is 23.8 Å². The molecule has 1 amide bonds. The van der Waals surface area contributed by atoms with E-state index in [2.05, 4.69) is 5.10 Å². The molecule has 0 atom stereocenters. The fraction of sp³-hybridized carbons (Fsp3) is 0.200. The van der Waals surface area contributed by atoms with Crippen molar-refractivity contribution >= 4 is 45.9 Å². The van der Waals surface area contributed by atoms with Crippen LogP contribution in [0.1, 0.15) is 32.8 Å². The summed E-state index contributed by atoms with van der Waals surface area (Å²) in [6.07, 6.45) is 2.18. The van der Waals surface area contributed by atoms with Gasteiger partial charge in [0.15, 0.2) is 5.78 Å². The van der Waals surface area contributed by atoms with E-state index in [-0.39, 0.29) is 23.9 Å². The number of nitrogens with one attached hydrogen (secondary N) is 1. The predicted octanol–water partition coefficient (Wildman–Crippen LogP) is 5.77. The lowest BCUT2D eigenvalue weighted by molar-refractivity contribution is 0.0790. The second-order valence-electron chi connectivity index (χ2n) is 9.57. The zero-order valence-corrected chi connectivity index (χ0v) is 23.7. The largest absolute Gasteiger partial charge is 0.342 e. The lowest BCUT2D eigenvalue weighted by Gasteiger charge is -2.17. The summed E-state index contributed by atoms with van der Waals surface area (Å²) in [6, 6.07) is 21.8. The van der Waals surface area contributed by atoms with Crippen LogP contribution in [-0.2, 0) is 13.1 Å². The molecule has 2 heterocycles. The molecular formula is C30H28Cl2N6O2. The van der Waals surface area contributed by atoms with E-state index in [1.165, 1.54) is 0 Å². The maximum Gasteiger partial charge on any atom is 0.257 e. The predicted molar refractivity (Wildman–Crippen MR) is 156 cm³/mol. The van der Waals surface area contributed by atoms with Gasteiger partial charge in [-0.2, -0.15) is 5.10 Å². The van der Waals surface area contributed by atoms with Gasteiger partial charge in [-0.05, 0) is 61.9 Å². The van der Waals surface area contributed by atoms with E-state index in [1.807, 2.05) is 49.4 Å². The average molecular weight is 576 g/mol. The number of nitrogens with zero attached hydrogens (tertiary/aromatic N) is 5. The third-order valence-corrected chi connectivity index (χ3v) is 7.53. The van der Waals surface area contributed by atoms with Crippen LogP contribution in [0.2, 0.25) is 10.0 Å². The Balaban J connectivity index is 1.32. The number of rotatable bonds is 9. The van der Waals surface area contributed by atoms with E-state index < -0.39 is 0 Å². The van der Waals surface area contributed by atoms with Crippen molar-refractivity contribution in [2.45, 2.75) is 26.4 Å². The Bertz CT molecular complexity index is 1750. The average Bonchev–Trinajstić information content (AvgIpc) is 3.47. The van der Waals surface area contributed by atoms with Crippen LogP contribution >= 0.6 is 23.2 Å². The lowest BCUT2D eigenvalue weighted by Crippen LogP contribution is -2.31. The van der Waals surface area contributed by atoms with E-state index in [0.717, 1.165) is 11.4 Å². The van der Waals surface area contributed by atoms with E-state index in [9.17, 15) is 9.59 Å². The van der Waals surface area contributed by atoms with Crippen LogP contribution in [-0.4, -0.2) is 49.1 Å². The highest BCUT2D eigenvalue weighted by molar-refractivity contribution is 6.35. The van der Waals surface area contributed by atoms with Gasteiger partial charge in [-0.15, -0.1) is 0 Å². The highest BCUT2D eigenvalue weighted by Crippen LogP contribution is 2.24. The highest BCUT2D eigenvalue weighted by atomic mass is 35.5. The standard InChI is InChI=1S/C30H28Cl2N6O2/c1-20-24(18-34-38(20)23-8-4-3-5-9-23)29(40)35(2)16-7-17-36-28-25(32)10-6-11-26(28)37(30(36)33)19-27(39)21-12-14-22(31)15-13-21/h3-6,8-15,18,33H,7,16-17,19H2,1-2H3. The molecule has 0 radical (unpaired) electrons. The minimum absolute atomic E-state index is 0.00657. The number of Topliss-reactive ketones (excluding diaryl/α,β-unsaturated/α-hetero) is 1. The molecule has 0 aliphatic heterocycles. The summed E-state index contributed by atoms with van der Waals surface area (Å²) < 4.78 is 5.21. The quantitative estimate of drug-likeness (QED) is 0.227. The molecule has 5 rings (SSSR count). The molecule has 0 saturated carbocycles. The van der Waals surface area contributed by atoms with E-state index in [1.54, 1.807) is 62.3 Å². The topological polar surface area (TPSA) is 88.9 Å². The molecule has 10 heteroatoms. The zero-order valence-electron chi connectivity index (χ0n) is 22.1. The monoisotopic (exact) mass is 574 g/mol. The maximum atomic E-state index is 13.2. The molecular weight excluding hydrogens is 547 g/mol. The van der Waals surface area contributed by atoms with Crippen molar-refractivity contribution < 1.29 is 9.59 Å². The molecule has 2 aromatic heterocycles. The number of aromatic nitrogens is 4. The summed E-state index contributed by atoms with van der Waals surface area (Å²) in [4.78, 5) is 27.9. The molecule has 1 N–H and O–H groups in total. The minimum atomic E-state index is -0.133. The van der Waals surface area contributed by atoms with Crippen LogP contribution in [0.15, 0.2) is 79.0 Å². The number of hydrogen-bond donors (Lipinski definition) is 1. The first kappa shape index (κ1) is 27.4. The Hall–Kier alpha value is -4.14. The Morgan fingerprint density at radius 1 is 0.950 bits per heavy atom. The van der Waals surface area contributed by atoms with E-state index in [4.69, 9.17) is 28.6 Å². The van der Waals surface area contributed by atoms with Crippen molar-refractivity contribution in [2.75, 3.05) is 13.6 Å². The van der Waals surface area contributed by atoms with Gasteiger partial charge in [0.25, 0.3) is 5.91 Å². The number of carbonyl (C=O) groups is 2. The van der Waals surface area contributed by atoms with Gasteiger partial charge in [-0.1, -0.05) is 47.5 Å². The Kier molecular flexibility index (Phi) is 7.91. The summed E-state index contributed by atoms with van der Waals surface area (Å²) >= 11 is 12.5. The second kappa shape index (κ2) is 11.5. The molecule has 0 saturated heterocycles. The first-order valence-electron chi connectivity index (χ1n) is 12.8. The molecule has 8 nitrogen and oxygen atoms in total. The number of imidazole rings is 1. The number of carbonyl (C=O) groups excluding carboxylic acids is 2. The van der Waals surface area contributed by atoms with Crippen LogP contribution in [0, 0.1) is 12.3 Å². The molecule has 40 heavy (non-hydrogen) atoms. The van der Waals surface area contributed by atoms with Gasteiger partial charge in [-0.25, -0.2) is 4.68 Å². The maximum absolute atomic E-state index is 13.2. The fourth-order valence-corrected chi connectivity index (χ4v) is 5.22. The molecule has 0 aliphatic rings. The van der Waals surface area contributed by atoms with E-state index >= 15 is 0 Å². The van der Waals surface area contributed by atoms with Crippen LogP contribution < -0.4 is 5.62 Å². The fourth-order valence-electron chi connectivity index (χ4n) is 4.83. The van der Waals surface area contributed by atoms with Gasteiger partial charge < -0.3 is 14.0 Å². The van der Waals surface area contributed by atoms with Gasteiger partial charge in [0.2, 0.25) is 5.62 Å². The molecule has 0 aliphatic carbocycles. The first-order valence-corrected chi connectivity index (χ1v) is 13.6. The summed E-state index contributed by atoms with van der Waals surface area (Å²) in [5.74, 6) is -0.254. The number of aryl methyl sites for hydroxylation is 1. The number of para-hydroxylation sites is 2.